The zero-order chi connectivity index (χ0) is 18.1. The fourth-order valence-electron chi connectivity index (χ4n) is 2.53. The van der Waals surface area contributed by atoms with Crippen molar-refractivity contribution in [1.29, 1.82) is 0 Å². The number of nitrogens with zero attached hydrogens (tertiary/aromatic N) is 1. The molecule has 0 aliphatic heterocycles. The summed E-state index contributed by atoms with van der Waals surface area (Å²) in [7, 11) is 0. The van der Waals surface area contributed by atoms with Crippen LogP contribution in [-0.2, 0) is 11.3 Å². The SMILES string of the molecule is Cc1ccc(NC(=O)c2cc(C(C)(F)F)ccn2)cc1C(C)(C)C. The van der Waals surface area contributed by atoms with Crippen molar-refractivity contribution in [3.63, 3.8) is 0 Å². The minimum Gasteiger partial charge on any atom is -0.321 e. The maximum absolute atomic E-state index is 13.4. The van der Waals surface area contributed by atoms with E-state index in [1.54, 1.807) is 6.07 Å². The van der Waals surface area contributed by atoms with Gasteiger partial charge < -0.3 is 5.32 Å². The van der Waals surface area contributed by atoms with E-state index in [-0.39, 0.29) is 16.7 Å². The van der Waals surface area contributed by atoms with Crippen molar-refractivity contribution in [1.82, 2.24) is 4.98 Å². The van der Waals surface area contributed by atoms with Crippen molar-refractivity contribution in [2.45, 2.75) is 46.0 Å². The first-order chi connectivity index (χ1) is 11.0. The molecule has 5 heteroatoms. The van der Waals surface area contributed by atoms with Gasteiger partial charge in [-0.2, -0.15) is 0 Å². The molecule has 24 heavy (non-hydrogen) atoms. The van der Waals surface area contributed by atoms with Gasteiger partial charge in [0.05, 0.1) is 0 Å². The smallest absolute Gasteiger partial charge is 0.274 e. The highest BCUT2D eigenvalue weighted by Gasteiger charge is 2.25. The lowest BCUT2D eigenvalue weighted by molar-refractivity contribution is 0.0173. The molecule has 0 bridgehead atoms. The van der Waals surface area contributed by atoms with Gasteiger partial charge in [0.25, 0.3) is 11.8 Å². The Labute approximate surface area is 141 Å². The van der Waals surface area contributed by atoms with Gasteiger partial charge in [-0.25, -0.2) is 8.78 Å². The molecule has 0 spiro atoms. The number of benzene rings is 1. The van der Waals surface area contributed by atoms with Crippen LogP contribution >= 0.6 is 0 Å². The molecule has 1 heterocycles. The fourth-order valence-corrected chi connectivity index (χ4v) is 2.53. The first-order valence-electron chi connectivity index (χ1n) is 7.75. The molecular weight excluding hydrogens is 310 g/mol. The highest BCUT2D eigenvalue weighted by atomic mass is 19.3. The van der Waals surface area contributed by atoms with Crippen LogP contribution in [0.15, 0.2) is 36.5 Å². The second-order valence-electron chi connectivity index (χ2n) is 7.05. The largest absolute Gasteiger partial charge is 0.321 e. The number of carbonyl (C=O) groups is 1. The number of hydrogen-bond donors (Lipinski definition) is 1. The number of hydrogen-bond acceptors (Lipinski definition) is 2. The molecule has 0 saturated heterocycles. The molecule has 2 rings (SSSR count). The highest BCUT2D eigenvalue weighted by Crippen LogP contribution is 2.29. The van der Waals surface area contributed by atoms with Gasteiger partial charge >= 0.3 is 0 Å². The third-order valence-corrected chi connectivity index (χ3v) is 3.80. The van der Waals surface area contributed by atoms with E-state index in [4.69, 9.17) is 0 Å². The second kappa shape index (κ2) is 6.30. The lowest BCUT2D eigenvalue weighted by Gasteiger charge is -2.22. The molecule has 0 radical (unpaired) electrons. The Morgan fingerprint density at radius 2 is 1.75 bits per heavy atom. The lowest BCUT2D eigenvalue weighted by Crippen LogP contribution is -2.17. The molecule has 0 saturated carbocycles. The van der Waals surface area contributed by atoms with Crippen molar-refractivity contribution in [3.8, 4) is 0 Å². The average molecular weight is 332 g/mol. The normalized spacial score (nSPS) is 12.1. The molecule has 0 fully saturated rings. The minimum absolute atomic E-state index is 0.0353. The molecule has 0 aliphatic rings. The molecule has 1 aromatic heterocycles. The molecule has 2 aromatic rings. The van der Waals surface area contributed by atoms with E-state index in [1.165, 1.54) is 12.3 Å². The lowest BCUT2D eigenvalue weighted by atomic mass is 9.84. The number of nitrogens with one attached hydrogen (secondary N) is 1. The summed E-state index contributed by atoms with van der Waals surface area (Å²) in [6.07, 6.45) is 1.22. The van der Waals surface area contributed by atoms with Crippen molar-refractivity contribution in [2.24, 2.45) is 0 Å². The third kappa shape index (κ3) is 4.16. The van der Waals surface area contributed by atoms with Crippen LogP contribution < -0.4 is 5.32 Å². The quantitative estimate of drug-likeness (QED) is 0.854. The van der Waals surface area contributed by atoms with Crippen LogP contribution in [0, 0.1) is 6.92 Å². The highest BCUT2D eigenvalue weighted by molar-refractivity contribution is 6.03. The molecule has 1 amide bonds. The molecule has 128 valence electrons. The average Bonchev–Trinajstić information content (AvgIpc) is 2.47. The molecule has 1 aromatic carbocycles. The Bertz CT molecular complexity index is 759. The number of aryl methyl sites for hydroxylation is 1. The first-order valence-corrected chi connectivity index (χ1v) is 7.75. The molecular formula is C19H22F2N2O. The molecule has 1 N–H and O–H groups in total. The van der Waals surface area contributed by atoms with E-state index in [9.17, 15) is 13.6 Å². The van der Waals surface area contributed by atoms with Gasteiger partial charge in [0.1, 0.15) is 5.69 Å². The summed E-state index contributed by atoms with van der Waals surface area (Å²) in [5, 5.41) is 2.73. The van der Waals surface area contributed by atoms with E-state index < -0.39 is 11.8 Å². The van der Waals surface area contributed by atoms with Crippen LogP contribution in [-0.4, -0.2) is 10.9 Å². The Morgan fingerprint density at radius 1 is 1.08 bits per heavy atom. The van der Waals surface area contributed by atoms with Crippen molar-refractivity contribution < 1.29 is 13.6 Å². The maximum atomic E-state index is 13.4. The molecule has 0 atom stereocenters. The van der Waals surface area contributed by atoms with Crippen molar-refractivity contribution in [2.75, 3.05) is 5.32 Å². The van der Waals surface area contributed by atoms with Crippen LogP contribution in [0.2, 0.25) is 0 Å². The summed E-state index contributed by atoms with van der Waals surface area (Å²) in [5.41, 5.74) is 2.53. The molecule has 0 unspecified atom stereocenters. The number of amides is 1. The maximum Gasteiger partial charge on any atom is 0.274 e. The van der Waals surface area contributed by atoms with Gasteiger partial charge in [0.2, 0.25) is 0 Å². The summed E-state index contributed by atoms with van der Waals surface area (Å²) >= 11 is 0. The number of alkyl halides is 2. The van der Waals surface area contributed by atoms with Crippen molar-refractivity contribution in [3.05, 3.63) is 58.9 Å². The van der Waals surface area contributed by atoms with Gasteiger partial charge in [0, 0.05) is 24.4 Å². The summed E-state index contributed by atoms with van der Waals surface area (Å²) < 4.78 is 26.8. The monoisotopic (exact) mass is 332 g/mol. The number of anilines is 1. The number of rotatable bonds is 3. The standard InChI is InChI=1S/C19H22F2N2O/c1-12-6-7-14(11-15(12)18(2,3)4)23-17(24)16-10-13(8-9-22-16)19(5,20)21/h6-11H,1-5H3,(H,23,24). The van der Waals surface area contributed by atoms with Crippen molar-refractivity contribution >= 4 is 11.6 Å². The number of carbonyl (C=O) groups excluding carboxylic acids is 1. The van der Waals surface area contributed by atoms with E-state index in [0.29, 0.717) is 5.69 Å². The zero-order valence-electron chi connectivity index (χ0n) is 14.6. The topological polar surface area (TPSA) is 42.0 Å². The minimum atomic E-state index is -3.01. The number of halogens is 2. The Balaban J connectivity index is 2.28. The number of pyridine rings is 1. The fraction of sp³-hybridized carbons (Fsp3) is 0.368. The van der Waals surface area contributed by atoms with Crippen LogP contribution in [0.4, 0.5) is 14.5 Å². The Kier molecular flexibility index (Phi) is 4.74. The van der Waals surface area contributed by atoms with Gasteiger partial charge in [-0.3, -0.25) is 9.78 Å². The Morgan fingerprint density at radius 3 is 2.33 bits per heavy atom. The molecule has 3 nitrogen and oxygen atoms in total. The van der Waals surface area contributed by atoms with Gasteiger partial charge in [-0.1, -0.05) is 26.8 Å². The van der Waals surface area contributed by atoms with Gasteiger partial charge in [-0.15, -0.1) is 0 Å². The third-order valence-electron chi connectivity index (χ3n) is 3.80. The molecule has 0 aliphatic carbocycles. The summed E-state index contributed by atoms with van der Waals surface area (Å²) in [6, 6.07) is 7.96. The summed E-state index contributed by atoms with van der Waals surface area (Å²) in [6.45, 7) is 9.08. The summed E-state index contributed by atoms with van der Waals surface area (Å²) in [5.74, 6) is -3.52. The van der Waals surface area contributed by atoms with E-state index in [2.05, 4.69) is 31.1 Å². The predicted octanol–water partition coefficient (Wildman–Crippen LogP) is 5.05. The second-order valence-corrected chi connectivity index (χ2v) is 7.05. The first kappa shape index (κ1) is 18.0. The van der Waals surface area contributed by atoms with E-state index in [0.717, 1.165) is 24.1 Å². The zero-order valence-corrected chi connectivity index (χ0v) is 14.6. The van der Waals surface area contributed by atoms with Gasteiger partial charge in [0.15, 0.2) is 0 Å². The predicted molar refractivity (Wildman–Crippen MR) is 91.6 cm³/mol. The van der Waals surface area contributed by atoms with Crippen LogP contribution in [0.25, 0.3) is 0 Å². The van der Waals surface area contributed by atoms with E-state index in [1.807, 2.05) is 19.1 Å². The van der Waals surface area contributed by atoms with Crippen LogP contribution in [0.5, 0.6) is 0 Å². The summed E-state index contributed by atoms with van der Waals surface area (Å²) in [4.78, 5) is 16.2. The Hall–Kier alpha value is -2.30. The number of aromatic nitrogens is 1. The van der Waals surface area contributed by atoms with Gasteiger partial charge in [-0.05, 0) is 47.7 Å². The van der Waals surface area contributed by atoms with E-state index >= 15 is 0 Å². The van der Waals surface area contributed by atoms with Crippen LogP contribution in [0.3, 0.4) is 0 Å². The van der Waals surface area contributed by atoms with Crippen LogP contribution in [0.1, 0.15) is 54.9 Å².